The van der Waals surface area contributed by atoms with Crippen LogP contribution in [0.25, 0.3) is 69.6 Å². The normalized spacial score (nSPS) is 14.1. The molecule has 50 heavy (non-hydrogen) atoms. The van der Waals surface area contributed by atoms with Crippen molar-refractivity contribution in [1.82, 2.24) is 4.57 Å². The molecule has 2 aliphatic rings. The van der Waals surface area contributed by atoms with Gasteiger partial charge in [0.05, 0.1) is 16.4 Å². The molecule has 0 N–H and O–H groups in total. The Morgan fingerprint density at radius 3 is 1.98 bits per heavy atom. The molecule has 12 rings (SSSR count). The zero-order valence-electron chi connectivity index (χ0n) is 26.9. The summed E-state index contributed by atoms with van der Waals surface area (Å²) in [5, 5.41) is 7.82. The van der Waals surface area contributed by atoms with Crippen molar-refractivity contribution in [2.75, 3.05) is 0 Å². The first kappa shape index (κ1) is 27.2. The molecule has 3 heterocycles. The third-order valence-corrected chi connectivity index (χ3v) is 13.6. The summed E-state index contributed by atoms with van der Waals surface area (Å²) in [6.45, 7) is 0. The summed E-state index contributed by atoms with van der Waals surface area (Å²) in [5.41, 5.74) is 11.4. The molecule has 0 unspecified atom stereocenters. The van der Waals surface area contributed by atoms with Crippen LogP contribution in [0.2, 0.25) is 0 Å². The Morgan fingerprint density at radius 1 is 0.460 bits per heavy atom. The predicted molar refractivity (Wildman–Crippen MR) is 213 cm³/mol. The number of hydrogen-bond donors (Lipinski definition) is 0. The van der Waals surface area contributed by atoms with Crippen molar-refractivity contribution in [1.29, 1.82) is 0 Å². The van der Waals surface area contributed by atoms with Crippen LogP contribution >= 0.6 is 23.1 Å². The molecule has 8 aromatic carbocycles. The summed E-state index contributed by atoms with van der Waals surface area (Å²) in [5.74, 6) is 0. The van der Waals surface area contributed by atoms with E-state index in [4.69, 9.17) is 0 Å². The average molecular weight is 670 g/mol. The van der Waals surface area contributed by atoms with Gasteiger partial charge in [-0.25, -0.2) is 0 Å². The highest BCUT2D eigenvalue weighted by Crippen LogP contribution is 2.63. The van der Waals surface area contributed by atoms with Crippen molar-refractivity contribution >= 4 is 75.8 Å². The lowest BCUT2D eigenvalue weighted by Crippen LogP contribution is -2.32. The monoisotopic (exact) mass is 669 g/mol. The predicted octanol–water partition coefficient (Wildman–Crippen LogP) is 13.1. The largest absolute Gasteiger partial charge is 0.308 e. The maximum atomic E-state index is 2.57. The first-order valence-electron chi connectivity index (χ1n) is 17.2. The second kappa shape index (κ2) is 9.76. The fraction of sp³-hybridized carbons (Fsp3) is 0.0213. The lowest BCUT2D eigenvalue weighted by Gasteiger charge is -2.40. The lowest BCUT2D eigenvalue weighted by molar-refractivity contribution is 0.724. The number of fused-ring (bicyclic) bond motifs is 18. The summed E-state index contributed by atoms with van der Waals surface area (Å²) in [6, 6.07) is 61.6. The van der Waals surface area contributed by atoms with Crippen LogP contribution in [0.4, 0.5) is 0 Å². The van der Waals surface area contributed by atoms with Crippen LogP contribution in [0.15, 0.2) is 174 Å². The Morgan fingerprint density at radius 2 is 1.14 bits per heavy atom. The van der Waals surface area contributed by atoms with Crippen LogP contribution in [-0.4, -0.2) is 4.57 Å². The van der Waals surface area contributed by atoms with E-state index in [-0.39, 0.29) is 0 Å². The Balaban J connectivity index is 1.28. The minimum absolute atomic E-state index is 0.421. The average Bonchev–Trinajstić information content (AvgIpc) is 3.82. The molecular formula is C47H27NS2. The van der Waals surface area contributed by atoms with Crippen molar-refractivity contribution in [3.05, 3.63) is 186 Å². The first-order valence-corrected chi connectivity index (χ1v) is 18.8. The maximum absolute atomic E-state index is 2.57. The van der Waals surface area contributed by atoms with Gasteiger partial charge < -0.3 is 4.57 Å². The Labute approximate surface area is 297 Å². The molecule has 0 atom stereocenters. The van der Waals surface area contributed by atoms with Crippen LogP contribution in [0.5, 0.6) is 0 Å². The zero-order chi connectivity index (χ0) is 32.6. The zero-order valence-corrected chi connectivity index (χ0v) is 28.5. The molecule has 0 saturated carbocycles. The molecule has 0 bridgehead atoms. The third-order valence-electron chi connectivity index (χ3n) is 11.3. The van der Waals surface area contributed by atoms with Crippen molar-refractivity contribution in [3.63, 3.8) is 0 Å². The first-order chi connectivity index (χ1) is 24.8. The van der Waals surface area contributed by atoms with Gasteiger partial charge in [0.15, 0.2) is 0 Å². The molecule has 232 valence electrons. The van der Waals surface area contributed by atoms with Crippen LogP contribution in [0, 0.1) is 0 Å². The van der Waals surface area contributed by atoms with E-state index in [1.807, 2.05) is 23.1 Å². The summed E-state index contributed by atoms with van der Waals surface area (Å²) in [7, 11) is 0. The molecule has 2 aromatic heterocycles. The standard InChI is InChI=1S/C47H27NS2/c1-2-12-30-28(11-1)21-25-40-44(30)34-23-24-39-46(45(34)48(40)29-22-26-42-35(27-29)33-15-5-9-19-41(33)49-42)50-43-20-10-8-18-38(43)47(39)36-16-6-3-13-31(36)32-14-4-7-17-37(32)47/h1-27H. The number of hydrogen-bond acceptors (Lipinski definition) is 2. The Hall–Kier alpha value is -5.61. The fourth-order valence-electron chi connectivity index (χ4n) is 9.30. The van der Waals surface area contributed by atoms with E-state index < -0.39 is 5.41 Å². The lowest BCUT2D eigenvalue weighted by atomic mass is 9.67. The number of rotatable bonds is 1. The van der Waals surface area contributed by atoms with Gasteiger partial charge in [0.2, 0.25) is 0 Å². The van der Waals surface area contributed by atoms with Crippen molar-refractivity contribution < 1.29 is 0 Å². The van der Waals surface area contributed by atoms with Gasteiger partial charge >= 0.3 is 0 Å². The topological polar surface area (TPSA) is 4.93 Å². The van der Waals surface area contributed by atoms with Crippen molar-refractivity contribution in [2.45, 2.75) is 15.2 Å². The second-order valence-corrected chi connectivity index (χ2v) is 15.7. The smallest absolute Gasteiger partial charge is 0.0736 e. The van der Waals surface area contributed by atoms with Crippen molar-refractivity contribution in [3.8, 4) is 16.8 Å². The van der Waals surface area contributed by atoms with Gasteiger partial charge in [-0.15, -0.1) is 11.3 Å². The van der Waals surface area contributed by atoms with Gasteiger partial charge in [0.1, 0.15) is 0 Å². The van der Waals surface area contributed by atoms with Crippen LogP contribution in [0.3, 0.4) is 0 Å². The molecule has 0 saturated heterocycles. The molecule has 1 aliphatic carbocycles. The highest BCUT2D eigenvalue weighted by atomic mass is 32.2. The highest BCUT2D eigenvalue weighted by Gasteiger charge is 2.50. The van der Waals surface area contributed by atoms with E-state index in [0.717, 1.165) is 0 Å². The van der Waals surface area contributed by atoms with Crippen molar-refractivity contribution in [2.24, 2.45) is 0 Å². The molecule has 10 aromatic rings. The SMILES string of the molecule is c1ccc2c(c1)Sc1c(ccc3c4c5ccccc5ccc4n(-c4ccc5sc6ccccc6c5c4)c13)C21c2ccccc2-c2ccccc21. The van der Waals surface area contributed by atoms with E-state index in [2.05, 4.69) is 168 Å². The van der Waals surface area contributed by atoms with Gasteiger partial charge in [0, 0.05) is 46.4 Å². The van der Waals surface area contributed by atoms with Crippen LogP contribution in [0.1, 0.15) is 22.3 Å². The third kappa shape index (κ3) is 3.30. The van der Waals surface area contributed by atoms with Gasteiger partial charge in [-0.05, 0) is 80.6 Å². The quantitative estimate of drug-likeness (QED) is 0.168. The summed E-state index contributed by atoms with van der Waals surface area (Å²) < 4.78 is 5.23. The molecular weight excluding hydrogens is 643 g/mol. The summed E-state index contributed by atoms with van der Waals surface area (Å²) in [4.78, 5) is 2.66. The molecule has 1 spiro atoms. The van der Waals surface area contributed by atoms with Gasteiger partial charge in [-0.1, -0.05) is 139 Å². The number of nitrogens with zero attached hydrogens (tertiary/aromatic N) is 1. The molecule has 1 aliphatic heterocycles. The minimum Gasteiger partial charge on any atom is -0.308 e. The maximum Gasteiger partial charge on any atom is 0.0736 e. The van der Waals surface area contributed by atoms with Gasteiger partial charge in [-0.2, -0.15) is 0 Å². The number of thiophene rings is 1. The molecule has 1 nitrogen and oxygen atoms in total. The Kier molecular flexibility index (Phi) is 5.32. The van der Waals surface area contributed by atoms with E-state index >= 15 is 0 Å². The van der Waals surface area contributed by atoms with Gasteiger partial charge in [0.25, 0.3) is 0 Å². The summed E-state index contributed by atoms with van der Waals surface area (Å²) in [6.07, 6.45) is 0. The number of benzene rings is 8. The van der Waals surface area contributed by atoms with Crippen LogP contribution < -0.4 is 0 Å². The highest BCUT2D eigenvalue weighted by molar-refractivity contribution is 7.99. The van der Waals surface area contributed by atoms with E-state index in [9.17, 15) is 0 Å². The van der Waals surface area contributed by atoms with E-state index in [1.165, 1.54) is 102 Å². The van der Waals surface area contributed by atoms with Crippen LogP contribution in [-0.2, 0) is 5.41 Å². The molecule has 0 fully saturated rings. The van der Waals surface area contributed by atoms with Gasteiger partial charge in [-0.3, -0.25) is 0 Å². The Bertz CT molecular complexity index is 3040. The molecule has 0 radical (unpaired) electrons. The summed E-state index contributed by atoms with van der Waals surface area (Å²) >= 11 is 3.82. The van der Waals surface area contributed by atoms with E-state index in [1.54, 1.807) is 0 Å². The minimum atomic E-state index is -0.421. The van der Waals surface area contributed by atoms with E-state index in [0.29, 0.717) is 0 Å². The fourth-order valence-corrected chi connectivity index (χ4v) is 11.7. The second-order valence-electron chi connectivity index (χ2n) is 13.6. The molecule has 3 heteroatoms. The number of aromatic nitrogens is 1. The molecule has 0 amide bonds.